The largest absolute Gasteiger partial charge is 0.370 e. The summed E-state index contributed by atoms with van der Waals surface area (Å²) < 4.78 is 1.89. The van der Waals surface area contributed by atoms with Crippen molar-refractivity contribution < 1.29 is 4.79 Å². The number of rotatable bonds is 4. The first-order valence-corrected chi connectivity index (χ1v) is 8.27. The van der Waals surface area contributed by atoms with Crippen LogP contribution in [0.2, 0.25) is 0 Å². The van der Waals surface area contributed by atoms with Crippen molar-refractivity contribution in [3.63, 3.8) is 0 Å². The third kappa shape index (κ3) is 2.50. The maximum atomic E-state index is 12.0. The van der Waals surface area contributed by atoms with Gasteiger partial charge in [0, 0.05) is 17.0 Å². The molecule has 2 aromatic rings. The van der Waals surface area contributed by atoms with Gasteiger partial charge in [-0.25, -0.2) is 0 Å². The summed E-state index contributed by atoms with van der Waals surface area (Å²) >= 11 is 1.66. The Morgan fingerprint density at radius 2 is 2.27 bits per heavy atom. The summed E-state index contributed by atoms with van der Waals surface area (Å²) in [4.78, 5) is 15.2. The Hall–Kier alpha value is -2.21. The van der Waals surface area contributed by atoms with E-state index >= 15 is 0 Å². The van der Waals surface area contributed by atoms with Crippen LogP contribution < -0.4 is 5.73 Å². The molecule has 114 valence electrons. The van der Waals surface area contributed by atoms with Gasteiger partial charge in [0.1, 0.15) is 5.69 Å². The molecule has 22 heavy (non-hydrogen) atoms. The van der Waals surface area contributed by atoms with Crippen molar-refractivity contribution >= 4 is 17.7 Å². The summed E-state index contributed by atoms with van der Waals surface area (Å²) in [5, 5.41) is 4.63. The van der Waals surface area contributed by atoms with Crippen LogP contribution in [0, 0.1) is 0 Å². The first kappa shape index (κ1) is 14.7. The molecular weight excluding hydrogens is 296 g/mol. The summed E-state index contributed by atoms with van der Waals surface area (Å²) in [6, 6.07) is 8.01. The summed E-state index contributed by atoms with van der Waals surface area (Å²) in [7, 11) is 0. The minimum Gasteiger partial charge on any atom is -0.370 e. The summed E-state index contributed by atoms with van der Waals surface area (Å²) in [6.07, 6.45) is 3.81. The molecule has 6 heteroatoms. The lowest BCUT2D eigenvalue weighted by molar-refractivity contribution is 0.0998. The number of hydrogen-bond donors (Lipinski definition) is 1. The maximum Gasteiger partial charge on any atom is 0.252 e. The average molecular weight is 314 g/mol. The molecule has 1 amide bonds. The molecule has 0 fully saturated rings. The third-order valence-electron chi connectivity index (χ3n) is 3.86. The number of nitrogens with zero attached hydrogens (tertiary/aromatic N) is 3. The molecule has 1 aromatic carbocycles. The van der Waals surface area contributed by atoms with Crippen LogP contribution in [-0.4, -0.2) is 33.4 Å². The number of hydrogen-bond acceptors (Lipinski definition) is 4. The van der Waals surface area contributed by atoms with Crippen LogP contribution in [0.15, 0.2) is 41.9 Å². The molecule has 2 heterocycles. The molecule has 2 N–H and O–H groups in total. The van der Waals surface area contributed by atoms with E-state index in [-0.39, 0.29) is 0 Å². The zero-order valence-corrected chi connectivity index (χ0v) is 13.3. The number of benzene rings is 1. The normalized spacial score (nSPS) is 13.8. The number of aromatic nitrogens is 2. The lowest BCUT2D eigenvalue weighted by atomic mass is 10.0. The molecule has 3 rings (SSSR count). The van der Waals surface area contributed by atoms with E-state index in [4.69, 9.17) is 5.73 Å². The predicted octanol–water partition coefficient (Wildman–Crippen LogP) is 2.33. The Kier molecular flexibility index (Phi) is 3.94. The number of carbonyl (C=O) groups excluding carboxylic acids is 1. The quantitative estimate of drug-likeness (QED) is 0.880. The molecule has 0 saturated heterocycles. The van der Waals surface area contributed by atoms with E-state index in [1.54, 1.807) is 18.0 Å². The van der Waals surface area contributed by atoms with Crippen molar-refractivity contribution in [2.24, 2.45) is 5.73 Å². The fraction of sp³-hybridized carbons (Fsp3) is 0.250. The van der Waals surface area contributed by atoms with Crippen molar-refractivity contribution in [3.05, 3.63) is 48.3 Å². The highest BCUT2D eigenvalue weighted by Gasteiger charge is 2.26. The zero-order chi connectivity index (χ0) is 15.7. The minimum absolute atomic E-state index is 0.434. The van der Waals surface area contributed by atoms with E-state index in [1.165, 1.54) is 0 Å². The second-order valence-electron chi connectivity index (χ2n) is 5.14. The number of fused-ring (bicyclic) bond motifs is 1. The summed E-state index contributed by atoms with van der Waals surface area (Å²) in [5.74, 6) is -0.434. The molecule has 0 saturated carbocycles. The molecule has 0 aliphatic carbocycles. The summed E-state index contributed by atoms with van der Waals surface area (Å²) in [6.45, 7) is 5.96. The fourth-order valence-electron chi connectivity index (χ4n) is 2.72. The van der Waals surface area contributed by atoms with Gasteiger partial charge in [0.15, 0.2) is 0 Å². The number of nitrogens with two attached hydrogens (primary N) is 1. The Labute approximate surface area is 133 Å². The van der Waals surface area contributed by atoms with Crippen LogP contribution in [0.5, 0.6) is 0 Å². The van der Waals surface area contributed by atoms with Gasteiger partial charge in [0.05, 0.1) is 24.3 Å². The van der Waals surface area contributed by atoms with Crippen molar-refractivity contribution in [1.82, 2.24) is 14.7 Å². The molecule has 0 bridgehead atoms. The fourth-order valence-corrected chi connectivity index (χ4v) is 3.18. The first-order chi connectivity index (χ1) is 10.6. The average Bonchev–Trinajstić information content (AvgIpc) is 2.93. The SMILES string of the molecule is C=CN1CCn2nc(-c3cccc(SC)c3)c(C(N)=O)c2C1. The number of primary amides is 1. The molecule has 1 aromatic heterocycles. The van der Waals surface area contributed by atoms with Gasteiger partial charge in [-0.15, -0.1) is 11.8 Å². The number of carbonyl (C=O) groups is 1. The van der Waals surface area contributed by atoms with Gasteiger partial charge in [-0.1, -0.05) is 18.7 Å². The van der Waals surface area contributed by atoms with Crippen LogP contribution >= 0.6 is 11.8 Å². The van der Waals surface area contributed by atoms with E-state index < -0.39 is 5.91 Å². The second-order valence-corrected chi connectivity index (χ2v) is 6.02. The Morgan fingerprint density at radius 3 is 2.95 bits per heavy atom. The number of thioether (sulfide) groups is 1. The van der Waals surface area contributed by atoms with Crippen molar-refractivity contribution in [3.8, 4) is 11.3 Å². The molecule has 1 aliphatic heterocycles. The van der Waals surface area contributed by atoms with Crippen molar-refractivity contribution in [2.45, 2.75) is 18.0 Å². The maximum absolute atomic E-state index is 12.0. The molecule has 0 radical (unpaired) electrons. The Bertz CT molecular complexity index is 738. The zero-order valence-electron chi connectivity index (χ0n) is 12.5. The molecule has 5 nitrogen and oxygen atoms in total. The lowest BCUT2D eigenvalue weighted by Gasteiger charge is -2.26. The van der Waals surface area contributed by atoms with E-state index in [0.717, 1.165) is 29.2 Å². The van der Waals surface area contributed by atoms with Crippen LogP contribution in [0.3, 0.4) is 0 Å². The van der Waals surface area contributed by atoms with E-state index in [9.17, 15) is 4.79 Å². The van der Waals surface area contributed by atoms with Gasteiger partial charge < -0.3 is 10.6 Å². The highest BCUT2D eigenvalue weighted by atomic mass is 32.2. The van der Waals surface area contributed by atoms with Crippen LogP contribution in [-0.2, 0) is 13.1 Å². The van der Waals surface area contributed by atoms with Crippen molar-refractivity contribution in [2.75, 3.05) is 12.8 Å². The van der Waals surface area contributed by atoms with Crippen LogP contribution in [0.1, 0.15) is 16.1 Å². The molecule has 0 atom stereocenters. The van der Waals surface area contributed by atoms with Gasteiger partial charge in [-0.05, 0) is 24.6 Å². The smallest absolute Gasteiger partial charge is 0.252 e. The molecule has 1 aliphatic rings. The van der Waals surface area contributed by atoms with E-state index in [0.29, 0.717) is 17.8 Å². The predicted molar refractivity (Wildman–Crippen MR) is 88.6 cm³/mol. The standard InChI is InChI=1S/C16H18N4OS/c1-3-19-7-8-20-13(10-19)14(16(17)21)15(18-20)11-5-4-6-12(9-11)22-2/h3-6,9H,1,7-8,10H2,2H3,(H2,17,21). The highest BCUT2D eigenvalue weighted by Crippen LogP contribution is 2.30. The van der Waals surface area contributed by atoms with Crippen LogP contribution in [0.4, 0.5) is 0 Å². The lowest BCUT2D eigenvalue weighted by Crippen LogP contribution is -2.31. The highest BCUT2D eigenvalue weighted by molar-refractivity contribution is 7.98. The molecule has 0 spiro atoms. The van der Waals surface area contributed by atoms with Gasteiger partial charge >= 0.3 is 0 Å². The monoisotopic (exact) mass is 314 g/mol. The Balaban J connectivity index is 2.14. The minimum atomic E-state index is -0.434. The van der Waals surface area contributed by atoms with Crippen molar-refractivity contribution in [1.29, 1.82) is 0 Å². The van der Waals surface area contributed by atoms with Gasteiger partial charge in [-0.2, -0.15) is 5.10 Å². The van der Waals surface area contributed by atoms with Gasteiger partial charge in [-0.3, -0.25) is 9.48 Å². The second kappa shape index (κ2) is 5.88. The molecule has 0 unspecified atom stereocenters. The third-order valence-corrected chi connectivity index (χ3v) is 4.58. The number of amides is 1. The topological polar surface area (TPSA) is 64.2 Å². The van der Waals surface area contributed by atoms with E-state index in [2.05, 4.69) is 16.6 Å². The van der Waals surface area contributed by atoms with Gasteiger partial charge in [0.25, 0.3) is 5.91 Å². The van der Waals surface area contributed by atoms with Gasteiger partial charge in [0.2, 0.25) is 0 Å². The Morgan fingerprint density at radius 1 is 1.45 bits per heavy atom. The first-order valence-electron chi connectivity index (χ1n) is 7.04. The summed E-state index contributed by atoms with van der Waals surface area (Å²) in [5.41, 5.74) is 8.61. The van der Waals surface area contributed by atoms with E-state index in [1.807, 2.05) is 35.2 Å². The molecular formula is C16H18N4OS. The van der Waals surface area contributed by atoms with Crippen LogP contribution in [0.25, 0.3) is 11.3 Å².